The van der Waals surface area contributed by atoms with Crippen LogP contribution in [0.2, 0.25) is 0 Å². The first-order valence-electron chi connectivity index (χ1n) is 12.0. The summed E-state index contributed by atoms with van der Waals surface area (Å²) in [5, 5.41) is 9.66. The molecular weight excluding hydrogens is 372 g/mol. The van der Waals surface area contributed by atoms with Gasteiger partial charge in [-0.3, -0.25) is 4.55 Å². The number of aliphatic hydroxyl groups is 1. The van der Waals surface area contributed by atoms with E-state index in [0.29, 0.717) is 6.42 Å². The lowest BCUT2D eigenvalue weighted by atomic mass is 10.0. The molecule has 0 rings (SSSR count). The van der Waals surface area contributed by atoms with Crippen molar-refractivity contribution in [2.24, 2.45) is 0 Å². The summed E-state index contributed by atoms with van der Waals surface area (Å²) in [4.78, 5) is -2.00. The average molecular weight is 421 g/mol. The van der Waals surface area contributed by atoms with Gasteiger partial charge in [-0.15, -0.1) is 0 Å². The van der Waals surface area contributed by atoms with Crippen molar-refractivity contribution >= 4 is 10.1 Å². The minimum Gasteiger partial charge on any atom is -0.373 e. The van der Waals surface area contributed by atoms with E-state index in [0.717, 1.165) is 19.8 Å². The van der Waals surface area contributed by atoms with Crippen LogP contribution in [0.3, 0.4) is 0 Å². The van der Waals surface area contributed by atoms with E-state index < -0.39 is 15.1 Å². The smallest absolute Gasteiger partial charge is 0.294 e. The maximum Gasteiger partial charge on any atom is 0.294 e. The molecule has 0 heterocycles. The highest BCUT2D eigenvalue weighted by atomic mass is 32.2. The van der Waals surface area contributed by atoms with Crippen molar-refractivity contribution in [3.05, 3.63) is 0 Å². The minimum atomic E-state index is -4.37. The van der Waals surface area contributed by atoms with Crippen molar-refractivity contribution in [1.29, 1.82) is 0 Å². The van der Waals surface area contributed by atoms with Gasteiger partial charge in [-0.2, -0.15) is 8.42 Å². The Labute approximate surface area is 175 Å². The number of rotatable bonds is 21. The summed E-state index contributed by atoms with van der Waals surface area (Å²) in [6.45, 7) is 3.43. The molecule has 170 valence electrons. The average Bonchev–Trinajstić information content (AvgIpc) is 2.62. The third-order valence-corrected chi connectivity index (χ3v) is 7.12. The molecular formula is C23H48O4S. The predicted octanol–water partition coefficient (Wildman–Crippen LogP) is 7.40. The fourth-order valence-electron chi connectivity index (χ4n) is 3.66. The van der Waals surface area contributed by atoms with Gasteiger partial charge in [0.25, 0.3) is 10.1 Å². The van der Waals surface area contributed by atoms with E-state index in [1.807, 2.05) is 0 Å². The lowest BCUT2D eigenvalue weighted by molar-refractivity contribution is 0.119. The summed E-state index contributed by atoms with van der Waals surface area (Å²) in [6.07, 6.45) is 24.6. The summed E-state index contributed by atoms with van der Waals surface area (Å²) < 4.78 is 30.9. The van der Waals surface area contributed by atoms with Gasteiger partial charge in [0, 0.05) is 0 Å². The molecule has 0 aliphatic carbocycles. The standard InChI is InChI=1S/C23H48O4S/c1-3-4-5-6-7-8-9-10-11-12-13-14-15-16-17-18-19-20-21-22-23(2,24)28(25,26)27/h24H,3-22H2,1-2H3,(H,25,26,27). The van der Waals surface area contributed by atoms with Gasteiger partial charge in [-0.25, -0.2) is 0 Å². The molecule has 1 unspecified atom stereocenters. The van der Waals surface area contributed by atoms with Crippen molar-refractivity contribution in [2.45, 2.75) is 147 Å². The molecule has 0 saturated heterocycles. The van der Waals surface area contributed by atoms with Gasteiger partial charge < -0.3 is 5.11 Å². The Morgan fingerprint density at radius 1 is 0.571 bits per heavy atom. The van der Waals surface area contributed by atoms with Crippen LogP contribution in [0.5, 0.6) is 0 Å². The highest BCUT2D eigenvalue weighted by Crippen LogP contribution is 2.21. The van der Waals surface area contributed by atoms with Crippen LogP contribution in [-0.2, 0) is 10.1 Å². The van der Waals surface area contributed by atoms with Crippen molar-refractivity contribution in [3.63, 3.8) is 0 Å². The summed E-state index contributed by atoms with van der Waals surface area (Å²) in [6, 6.07) is 0. The van der Waals surface area contributed by atoms with Crippen LogP contribution in [0.25, 0.3) is 0 Å². The molecule has 2 N–H and O–H groups in total. The summed E-state index contributed by atoms with van der Waals surface area (Å²) >= 11 is 0. The van der Waals surface area contributed by atoms with E-state index in [4.69, 9.17) is 4.55 Å². The third-order valence-electron chi connectivity index (χ3n) is 5.80. The second kappa shape index (κ2) is 17.7. The Kier molecular flexibility index (Phi) is 17.6. The molecule has 0 spiro atoms. The molecule has 5 heteroatoms. The van der Waals surface area contributed by atoms with E-state index in [1.54, 1.807) is 0 Å². The highest BCUT2D eigenvalue weighted by molar-refractivity contribution is 7.87. The van der Waals surface area contributed by atoms with Crippen LogP contribution >= 0.6 is 0 Å². The van der Waals surface area contributed by atoms with Gasteiger partial charge in [0.2, 0.25) is 0 Å². The molecule has 0 aromatic rings. The highest BCUT2D eigenvalue weighted by Gasteiger charge is 2.34. The van der Waals surface area contributed by atoms with Gasteiger partial charge >= 0.3 is 0 Å². The molecule has 28 heavy (non-hydrogen) atoms. The van der Waals surface area contributed by atoms with Crippen LogP contribution in [0.15, 0.2) is 0 Å². The molecule has 1 atom stereocenters. The SMILES string of the molecule is CCCCCCCCCCCCCCCCCCCCCC(C)(O)S(=O)(=O)O. The molecule has 0 amide bonds. The van der Waals surface area contributed by atoms with Gasteiger partial charge in [0.05, 0.1) is 0 Å². The summed E-state index contributed by atoms with van der Waals surface area (Å²) in [5.74, 6) is 0. The largest absolute Gasteiger partial charge is 0.373 e. The molecule has 4 nitrogen and oxygen atoms in total. The predicted molar refractivity (Wildman–Crippen MR) is 120 cm³/mol. The summed E-state index contributed by atoms with van der Waals surface area (Å²) in [7, 11) is -4.37. The zero-order chi connectivity index (χ0) is 21.1. The van der Waals surface area contributed by atoms with Crippen molar-refractivity contribution < 1.29 is 18.1 Å². The molecule has 0 fully saturated rings. The lowest BCUT2D eigenvalue weighted by Crippen LogP contribution is -2.34. The van der Waals surface area contributed by atoms with E-state index in [9.17, 15) is 13.5 Å². The van der Waals surface area contributed by atoms with Gasteiger partial charge in [-0.1, -0.05) is 122 Å². The number of unbranched alkanes of at least 4 members (excludes halogenated alkanes) is 18. The van der Waals surface area contributed by atoms with Gasteiger partial charge in [0.1, 0.15) is 0 Å². The lowest BCUT2D eigenvalue weighted by Gasteiger charge is -2.19. The Morgan fingerprint density at radius 2 is 0.821 bits per heavy atom. The second-order valence-electron chi connectivity index (χ2n) is 8.76. The molecule has 0 saturated carbocycles. The van der Waals surface area contributed by atoms with E-state index in [1.165, 1.54) is 103 Å². The topological polar surface area (TPSA) is 74.6 Å². The monoisotopic (exact) mass is 420 g/mol. The van der Waals surface area contributed by atoms with Gasteiger partial charge in [-0.05, 0) is 19.8 Å². The fraction of sp³-hybridized carbons (Fsp3) is 1.00. The second-order valence-corrected chi connectivity index (χ2v) is 10.6. The van der Waals surface area contributed by atoms with Crippen LogP contribution in [0.4, 0.5) is 0 Å². The zero-order valence-corrected chi connectivity index (χ0v) is 19.6. The minimum absolute atomic E-state index is 0.102. The van der Waals surface area contributed by atoms with E-state index >= 15 is 0 Å². The Balaban J connectivity index is 3.20. The number of hydrogen-bond acceptors (Lipinski definition) is 3. The first-order chi connectivity index (χ1) is 13.3. The first kappa shape index (κ1) is 27.9. The Bertz CT molecular complexity index is 432. The zero-order valence-electron chi connectivity index (χ0n) is 18.8. The molecule has 0 bridgehead atoms. The van der Waals surface area contributed by atoms with Crippen LogP contribution < -0.4 is 0 Å². The molecule has 0 aromatic carbocycles. The molecule has 0 aromatic heterocycles. The first-order valence-corrected chi connectivity index (χ1v) is 13.4. The van der Waals surface area contributed by atoms with Crippen molar-refractivity contribution in [1.82, 2.24) is 0 Å². The van der Waals surface area contributed by atoms with E-state index in [-0.39, 0.29) is 6.42 Å². The molecule has 0 radical (unpaired) electrons. The van der Waals surface area contributed by atoms with E-state index in [2.05, 4.69) is 6.92 Å². The molecule has 0 aliphatic rings. The summed E-state index contributed by atoms with van der Waals surface area (Å²) in [5.41, 5.74) is 0. The van der Waals surface area contributed by atoms with Gasteiger partial charge in [0.15, 0.2) is 4.93 Å². The molecule has 0 aliphatic heterocycles. The fourth-order valence-corrected chi connectivity index (χ4v) is 4.06. The maximum absolute atomic E-state index is 11.0. The van der Waals surface area contributed by atoms with Crippen LogP contribution in [0, 0.1) is 0 Å². The van der Waals surface area contributed by atoms with Crippen molar-refractivity contribution in [3.8, 4) is 0 Å². The van der Waals surface area contributed by atoms with Crippen LogP contribution in [0.1, 0.15) is 142 Å². The van der Waals surface area contributed by atoms with Crippen molar-refractivity contribution in [2.75, 3.05) is 0 Å². The normalized spacial score (nSPS) is 14.3. The number of hydrogen-bond donors (Lipinski definition) is 2. The Morgan fingerprint density at radius 3 is 1.07 bits per heavy atom. The quantitative estimate of drug-likeness (QED) is 0.150. The van der Waals surface area contributed by atoms with Crippen LogP contribution in [-0.4, -0.2) is 23.0 Å². The maximum atomic E-state index is 11.0. The third kappa shape index (κ3) is 16.8. The Hall–Kier alpha value is -0.130.